The zero-order valence-electron chi connectivity index (χ0n) is 14.9. The van der Waals surface area contributed by atoms with Gasteiger partial charge in [0.1, 0.15) is 5.75 Å². The Bertz CT molecular complexity index is 408. The van der Waals surface area contributed by atoms with E-state index in [4.69, 9.17) is 0 Å². The maximum absolute atomic E-state index is 12.0. The van der Waals surface area contributed by atoms with E-state index in [0.717, 1.165) is 12.8 Å². The fourth-order valence-corrected chi connectivity index (χ4v) is 2.92. The average Bonchev–Trinajstić information content (AvgIpc) is 2.56. The fourth-order valence-electron chi connectivity index (χ4n) is 2.92. The van der Waals surface area contributed by atoms with E-state index in [-0.39, 0.29) is 11.5 Å². The van der Waals surface area contributed by atoms with Crippen molar-refractivity contribution in [3.8, 4) is 5.75 Å². The molecule has 2 nitrogen and oxygen atoms in total. The van der Waals surface area contributed by atoms with Crippen molar-refractivity contribution in [1.82, 2.24) is 0 Å². The number of carbonyl (C=O) groups is 1. The quantitative estimate of drug-likeness (QED) is 0.307. The standard InChI is InChI=1S/C21H34O2/c1-2-3-4-5-6-7-8-9-10-11-12-13-14-21(23)19-15-17-20(22)18-16-19/h15-18,22H,2-14H2,1H3. The molecular weight excluding hydrogens is 284 g/mol. The Morgan fingerprint density at radius 3 is 1.65 bits per heavy atom. The van der Waals surface area contributed by atoms with Crippen molar-refractivity contribution in [3.63, 3.8) is 0 Å². The van der Waals surface area contributed by atoms with Gasteiger partial charge in [0.15, 0.2) is 5.78 Å². The van der Waals surface area contributed by atoms with Crippen LogP contribution in [0.25, 0.3) is 0 Å². The maximum atomic E-state index is 12.0. The predicted octanol–water partition coefficient (Wildman–Crippen LogP) is 6.67. The average molecular weight is 319 g/mol. The van der Waals surface area contributed by atoms with Gasteiger partial charge in [-0.25, -0.2) is 0 Å². The zero-order valence-corrected chi connectivity index (χ0v) is 14.9. The number of hydrogen-bond donors (Lipinski definition) is 1. The molecule has 0 aliphatic heterocycles. The summed E-state index contributed by atoms with van der Waals surface area (Å²) in [6.07, 6.45) is 16.4. The molecule has 1 aromatic carbocycles. The first kappa shape index (κ1) is 19.7. The number of ketones is 1. The molecule has 2 heteroatoms. The Morgan fingerprint density at radius 1 is 0.739 bits per heavy atom. The lowest BCUT2D eigenvalue weighted by Crippen LogP contribution is -1.98. The Labute approximate surface area is 142 Å². The molecule has 0 unspecified atom stereocenters. The molecule has 1 aromatic rings. The summed E-state index contributed by atoms with van der Waals surface area (Å²) in [5.41, 5.74) is 0.714. The fraction of sp³-hybridized carbons (Fsp3) is 0.667. The van der Waals surface area contributed by atoms with Crippen molar-refractivity contribution in [2.45, 2.75) is 90.4 Å². The summed E-state index contributed by atoms with van der Waals surface area (Å²) in [4.78, 5) is 12.0. The van der Waals surface area contributed by atoms with E-state index in [2.05, 4.69) is 6.92 Å². The first-order valence-electron chi connectivity index (χ1n) is 9.56. The number of Topliss-reactive ketones (excluding diaryl/α,β-unsaturated/α-hetero) is 1. The molecule has 0 saturated carbocycles. The van der Waals surface area contributed by atoms with Crippen LogP contribution < -0.4 is 0 Å². The van der Waals surface area contributed by atoms with E-state index in [1.165, 1.54) is 64.2 Å². The van der Waals surface area contributed by atoms with Crippen LogP contribution >= 0.6 is 0 Å². The number of carbonyl (C=O) groups excluding carboxylic acids is 1. The van der Waals surface area contributed by atoms with Crippen LogP contribution in [0.15, 0.2) is 24.3 Å². The number of phenolic OH excluding ortho intramolecular Hbond substituents is 1. The molecular formula is C21H34O2. The highest BCUT2D eigenvalue weighted by Crippen LogP contribution is 2.15. The van der Waals surface area contributed by atoms with Gasteiger partial charge in [0, 0.05) is 12.0 Å². The highest BCUT2D eigenvalue weighted by Gasteiger charge is 2.05. The van der Waals surface area contributed by atoms with Gasteiger partial charge in [-0.15, -0.1) is 0 Å². The lowest BCUT2D eigenvalue weighted by molar-refractivity contribution is 0.0979. The van der Waals surface area contributed by atoms with Crippen LogP contribution in [-0.2, 0) is 0 Å². The monoisotopic (exact) mass is 318 g/mol. The molecule has 0 spiro atoms. The molecule has 0 heterocycles. The smallest absolute Gasteiger partial charge is 0.162 e. The molecule has 1 rings (SSSR count). The number of rotatable bonds is 14. The second-order valence-corrected chi connectivity index (χ2v) is 6.61. The van der Waals surface area contributed by atoms with Crippen LogP contribution in [0.5, 0.6) is 5.75 Å². The molecule has 1 N–H and O–H groups in total. The number of unbranched alkanes of at least 4 members (excludes halogenated alkanes) is 11. The summed E-state index contributed by atoms with van der Waals surface area (Å²) in [7, 11) is 0. The van der Waals surface area contributed by atoms with Crippen molar-refractivity contribution >= 4 is 5.78 Å². The van der Waals surface area contributed by atoms with Crippen LogP contribution in [0.4, 0.5) is 0 Å². The Balaban J connectivity index is 1.89. The summed E-state index contributed by atoms with van der Waals surface area (Å²) < 4.78 is 0. The van der Waals surface area contributed by atoms with Gasteiger partial charge in [0.05, 0.1) is 0 Å². The van der Waals surface area contributed by atoms with E-state index in [0.29, 0.717) is 12.0 Å². The molecule has 130 valence electrons. The summed E-state index contributed by atoms with van der Waals surface area (Å²) in [5, 5.41) is 9.22. The summed E-state index contributed by atoms with van der Waals surface area (Å²) >= 11 is 0. The second-order valence-electron chi connectivity index (χ2n) is 6.61. The van der Waals surface area contributed by atoms with E-state index in [9.17, 15) is 9.90 Å². The van der Waals surface area contributed by atoms with E-state index in [1.807, 2.05) is 0 Å². The second kappa shape index (κ2) is 13.2. The SMILES string of the molecule is CCCCCCCCCCCCCCC(=O)c1ccc(O)cc1. The number of hydrogen-bond acceptors (Lipinski definition) is 2. The van der Waals surface area contributed by atoms with Gasteiger partial charge in [-0.05, 0) is 30.7 Å². The number of aromatic hydroxyl groups is 1. The third-order valence-corrected chi connectivity index (χ3v) is 4.45. The molecule has 0 bridgehead atoms. The first-order valence-corrected chi connectivity index (χ1v) is 9.56. The van der Waals surface area contributed by atoms with Gasteiger partial charge >= 0.3 is 0 Å². The summed E-state index contributed by atoms with van der Waals surface area (Å²) in [6.45, 7) is 2.26. The zero-order chi connectivity index (χ0) is 16.8. The van der Waals surface area contributed by atoms with Gasteiger partial charge in [0.2, 0.25) is 0 Å². The molecule has 0 aliphatic rings. The predicted molar refractivity (Wildman–Crippen MR) is 98.1 cm³/mol. The third kappa shape index (κ3) is 10.1. The minimum Gasteiger partial charge on any atom is -0.508 e. The topological polar surface area (TPSA) is 37.3 Å². The van der Waals surface area contributed by atoms with Crippen molar-refractivity contribution in [3.05, 3.63) is 29.8 Å². The lowest BCUT2D eigenvalue weighted by atomic mass is 10.0. The number of phenols is 1. The van der Waals surface area contributed by atoms with Gasteiger partial charge in [0.25, 0.3) is 0 Å². The molecule has 23 heavy (non-hydrogen) atoms. The summed E-state index contributed by atoms with van der Waals surface area (Å²) in [5.74, 6) is 0.406. The molecule has 0 radical (unpaired) electrons. The van der Waals surface area contributed by atoms with Crippen molar-refractivity contribution in [2.75, 3.05) is 0 Å². The first-order chi connectivity index (χ1) is 11.2. The minimum absolute atomic E-state index is 0.192. The molecule has 0 amide bonds. The van der Waals surface area contributed by atoms with Gasteiger partial charge in [-0.1, -0.05) is 77.6 Å². The normalized spacial score (nSPS) is 10.8. The molecule has 0 atom stereocenters. The Morgan fingerprint density at radius 2 is 1.17 bits per heavy atom. The molecule has 0 saturated heterocycles. The Hall–Kier alpha value is -1.31. The van der Waals surface area contributed by atoms with Gasteiger partial charge in [-0.2, -0.15) is 0 Å². The molecule has 0 fully saturated rings. The largest absolute Gasteiger partial charge is 0.508 e. The Kier molecular flexibility index (Phi) is 11.3. The highest BCUT2D eigenvalue weighted by atomic mass is 16.3. The van der Waals surface area contributed by atoms with Gasteiger partial charge in [-0.3, -0.25) is 4.79 Å². The van der Waals surface area contributed by atoms with Crippen LogP contribution in [0.3, 0.4) is 0 Å². The van der Waals surface area contributed by atoms with Crippen molar-refractivity contribution in [2.24, 2.45) is 0 Å². The van der Waals surface area contributed by atoms with Crippen LogP contribution in [0, 0.1) is 0 Å². The van der Waals surface area contributed by atoms with E-state index in [1.54, 1.807) is 24.3 Å². The van der Waals surface area contributed by atoms with E-state index >= 15 is 0 Å². The van der Waals surface area contributed by atoms with Gasteiger partial charge < -0.3 is 5.11 Å². The third-order valence-electron chi connectivity index (χ3n) is 4.45. The maximum Gasteiger partial charge on any atom is 0.162 e. The van der Waals surface area contributed by atoms with Crippen molar-refractivity contribution in [1.29, 1.82) is 0 Å². The van der Waals surface area contributed by atoms with E-state index < -0.39 is 0 Å². The number of benzene rings is 1. The van der Waals surface area contributed by atoms with Crippen LogP contribution in [-0.4, -0.2) is 10.9 Å². The summed E-state index contributed by atoms with van der Waals surface area (Å²) in [6, 6.07) is 6.57. The van der Waals surface area contributed by atoms with Crippen LogP contribution in [0.1, 0.15) is 101 Å². The molecule has 0 aromatic heterocycles. The molecule has 0 aliphatic carbocycles. The van der Waals surface area contributed by atoms with Crippen molar-refractivity contribution < 1.29 is 9.90 Å². The highest BCUT2D eigenvalue weighted by molar-refractivity contribution is 5.96. The van der Waals surface area contributed by atoms with Crippen LogP contribution in [0.2, 0.25) is 0 Å². The minimum atomic E-state index is 0.192. The lowest BCUT2D eigenvalue weighted by Gasteiger charge is -2.03.